The van der Waals surface area contributed by atoms with Gasteiger partial charge in [-0.2, -0.15) is 5.10 Å². The highest BCUT2D eigenvalue weighted by atomic mass is 32.1. The van der Waals surface area contributed by atoms with E-state index in [1.165, 1.54) is 25.4 Å². The minimum atomic E-state index is -0.354. The van der Waals surface area contributed by atoms with Gasteiger partial charge in [-0.25, -0.2) is 4.98 Å². The average Bonchev–Trinajstić information content (AvgIpc) is 3.13. The van der Waals surface area contributed by atoms with Crippen LogP contribution < -0.4 is 14.9 Å². The van der Waals surface area contributed by atoms with Crippen LogP contribution in [0.15, 0.2) is 28.7 Å². The molecule has 0 bridgehead atoms. The number of aromatic nitrogens is 1. The summed E-state index contributed by atoms with van der Waals surface area (Å²) in [6.07, 6.45) is 1.74. The molecule has 0 aliphatic carbocycles. The maximum absolute atomic E-state index is 11.5. The van der Waals surface area contributed by atoms with E-state index in [4.69, 9.17) is 18.9 Å². The highest BCUT2D eigenvalue weighted by molar-refractivity contribution is 7.13. The molecule has 156 valence electrons. The van der Waals surface area contributed by atoms with Gasteiger partial charge in [0.1, 0.15) is 13.2 Å². The van der Waals surface area contributed by atoms with Crippen LogP contribution in [-0.4, -0.2) is 50.1 Å². The molecule has 0 atom stereocenters. The largest absolute Gasteiger partial charge is 0.493 e. The van der Waals surface area contributed by atoms with Gasteiger partial charge in [-0.1, -0.05) is 0 Å². The van der Waals surface area contributed by atoms with E-state index in [1.807, 2.05) is 6.07 Å². The van der Waals surface area contributed by atoms with E-state index in [2.05, 4.69) is 15.5 Å². The standard InChI is InChI=1S/C19H23N3O6S/c1-4-26-18(24)10-15-12-29-19(21-15)22-20-11-14-5-6-16(17(9-14)25-3)28-8-7-27-13(2)23/h5-6,9,11-12H,4,7-8,10H2,1-3H3,(H,21,22). The van der Waals surface area contributed by atoms with Crippen molar-refractivity contribution in [2.45, 2.75) is 20.3 Å². The minimum absolute atomic E-state index is 0.131. The van der Waals surface area contributed by atoms with Gasteiger partial charge in [0, 0.05) is 12.3 Å². The number of hydrazone groups is 1. The molecule has 0 fully saturated rings. The lowest BCUT2D eigenvalue weighted by Gasteiger charge is -2.11. The zero-order valence-corrected chi connectivity index (χ0v) is 17.3. The lowest BCUT2D eigenvalue weighted by Crippen LogP contribution is -2.10. The number of anilines is 1. The number of rotatable bonds is 11. The van der Waals surface area contributed by atoms with Crippen LogP contribution in [0.1, 0.15) is 25.1 Å². The molecule has 0 amide bonds. The molecule has 10 heteroatoms. The Hall–Kier alpha value is -3.14. The van der Waals surface area contributed by atoms with Crippen molar-refractivity contribution in [2.75, 3.05) is 32.4 Å². The highest BCUT2D eigenvalue weighted by Gasteiger charge is 2.08. The third-order valence-electron chi connectivity index (χ3n) is 3.39. The molecule has 29 heavy (non-hydrogen) atoms. The molecule has 0 spiro atoms. The summed E-state index contributed by atoms with van der Waals surface area (Å²) in [4.78, 5) is 26.5. The van der Waals surface area contributed by atoms with Gasteiger partial charge in [-0.05, 0) is 30.7 Å². The molecule has 2 aromatic rings. The maximum atomic E-state index is 11.5. The second kappa shape index (κ2) is 11.6. The smallest absolute Gasteiger partial charge is 0.311 e. The van der Waals surface area contributed by atoms with Gasteiger partial charge in [0.15, 0.2) is 11.5 Å². The lowest BCUT2D eigenvalue weighted by atomic mass is 10.2. The van der Waals surface area contributed by atoms with Crippen molar-refractivity contribution in [2.24, 2.45) is 5.10 Å². The Morgan fingerprint density at radius 1 is 1.24 bits per heavy atom. The molecule has 2 rings (SSSR count). The van der Waals surface area contributed by atoms with Crippen molar-refractivity contribution >= 4 is 34.6 Å². The van der Waals surface area contributed by atoms with Gasteiger partial charge in [0.2, 0.25) is 5.13 Å². The molecule has 0 saturated carbocycles. The summed E-state index contributed by atoms with van der Waals surface area (Å²) in [5.41, 5.74) is 4.24. The summed E-state index contributed by atoms with van der Waals surface area (Å²) in [5, 5.41) is 6.49. The zero-order chi connectivity index (χ0) is 21.1. The van der Waals surface area contributed by atoms with E-state index in [0.717, 1.165) is 5.56 Å². The Balaban J connectivity index is 1.89. The second-order valence-electron chi connectivity index (χ2n) is 5.59. The first-order valence-electron chi connectivity index (χ1n) is 8.85. The summed E-state index contributed by atoms with van der Waals surface area (Å²) in [6.45, 7) is 3.84. The number of benzene rings is 1. The van der Waals surface area contributed by atoms with Crippen LogP contribution in [0.4, 0.5) is 5.13 Å². The van der Waals surface area contributed by atoms with E-state index in [9.17, 15) is 9.59 Å². The number of hydrogen-bond donors (Lipinski definition) is 1. The van der Waals surface area contributed by atoms with Crippen LogP contribution in [0.5, 0.6) is 11.5 Å². The van der Waals surface area contributed by atoms with Crippen LogP contribution in [0.3, 0.4) is 0 Å². The fourth-order valence-corrected chi connectivity index (χ4v) is 2.84. The topological polar surface area (TPSA) is 108 Å². The highest BCUT2D eigenvalue weighted by Crippen LogP contribution is 2.27. The predicted molar refractivity (Wildman–Crippen MR) is 109 cm³/mol. The van der Waals surface area contributed by atoms with E-state index in [-0.39, 0.29) is 31.6 Å². The molecular weight excluding hydrogens is 398 g/mol. The van der Waals surface area contributed by atoms with Gasteiger partial charge < -0.3 is 18.9 Å². The molecule has 1 N–H and O–H groups in total. The molecule has 0 radical (unpaired) electrons. The molecule has 0 aliphatic heterocycles. The first-order valence-corrected chi connectivity index (χ1v) is 9.73. The lowest BCUT2D eigenvalue weighted by molar-refractivity contribution is -0.143. The summed E-state index contributed by atoms with van der Waals surface area (Å²) in [7, 11) is 1.54. The minimum Gasteiger partial charge on any atom is -0.493 e. The fourth-order valence-electron chi connectivity index (χ4n) is 2.18. The number of nitrogens with zero attached hydrogens (tertiary/aromatic N) is 2. The number of nitrogens with one attached hydrogen (secondary N) is 1. The first-order chi connectivity index (χ1) is 14.0. The average molecular weight is 421 g/mol. The summed E-state index contributed by atoms with van der Waals surface area (Å²) >= 11 is 1.34. The number of esters is 2. The van der Waals surface area contributed by atoms with Crippen molar-refractivity contribution in [1.82, 2.24) is 4.98 Å². The number of methoxy groups -OCH3 is 1. The van der Waals surface area contributed by atoms with E-state index < -0.39 is 0 Å². The second-order valence-corrected chi connectivity index (χ2v) is 6.45. The molecule has 0 unspecified atom stereocenters. The van der Waals surface area contributed by atoms with Crippen molar-refractivity contribution in [1.29, 1.82) is 0 Å². The summed E-state index contributed by atoms with van der Waals surface area (Å²) in [5.74, 6) is 0.402. The Labute approximate surface area is 172 Å². The van der Waals surface area contributed by atoms with Crippen LogP contribution in [-0.2, 0) is 25.5 Å². The van der Waals surface area contributed by atoms with Gasteiger partial charge in [-0.15, -0.1) is 11.3 Å². The number of hydrogen-bond acceptors (Lipinski definition) is 10. The Morgan fingerprint density at radius 3 is 2.79 bits per heavy atom. The van der Waals surface area contributed by atoms with Gasteiger partial charge >= 0.3 is 11.9 Å². The van der Waals surface area contributed by atoms with Crippen molar-refractivity contribution in [3.05, 3.63) is 34.8 Å². The predicted octanol–water partition coefficient (Wildman–Crippen LogP) is 2.65. The van der Waals surface area contributed by atoms with Crippen LogP contribution in [0.25, 0.3) is 0 Å². The molecule has 0 aliphatic rings. The van der Waals surface area contributed by atoms with Crippen LogP contribution in [0, 0.1) is 0 Å². The number of carbonyl (C=O) groups is 2. The maximum Gasteiger partial charge on any atom is 0.311 e. The third-order valence-corrected chi connectivity index (χ3v) is 4.19. The SMILES string of the molecule is CCOC(=O)Cc1csc(NN=Cc2ccc(OCCOC(C)=O)c(OC)c2)n1. The fraction of sp³-hybridized carbons (Fsp3) is 0.368. The third kappa shape index (κ3) is 7.78. The van der Waals surface area contributed by atoms with Crippen molar-refractivity contribution in [3.63, 3.8) is 0 Å². The molecule has 1 aromatic carbocycles. The van der Waals surface area contributed by atoms with Gasteiger partial charge in [-0.3, -0.25) is 15.0 Å². The van der Waals surface area contributed by atoms with Crippen LogP contribution in [0.2, 0.25) is 0 Å². The normalized spacial score (nSPS) is 10.6. The summed E-state index contributed by atoms with van der Waals surface area (Å²) < 4.78 is 20.6. The van der Waals surface area contributed by atoms with E-state index in [0.29, 0.717) is 28.9 Å². The zero-order valence-electron chi connectivity index (χ0n) is 16.5. The molecule has 0 saturated heterocycles. The number of carbonyl (C=O) groups excluding carboxylic acids is 2. The molecule has 1 aromatic heterocycles. The van der Waals surface area contributed by atoms with E-state index >= 15 is 0 Å². The van der Waals surface area contributed by atoms with Crippen molar-refractivity contribution < 1.29 is 28.5 Å². The first kappa shape index (κ1) is 22.2. The molecule has 9 nitrogen and oxygen atoms in total. The number of thiazole rings is 1. The Morgan fingerprint density at radius 2 is 2.07 bits per heavy atom. The van der Waals surface area contributed by atoms with Gasteiger partial charge in [0.05, 0.1) is 32.0 Å². The summed E-state index contributed by atoms with van der Waals surface area (Å²) in [6, 6.07) is 5.32. The van der Waals surface area contributed by atoms with Crippen LogP contribution >= 0.6 is 11.3 Å². The van der Waals surface area contributed by atoms with Crippen molar-refractivity contribution in [3.8, 4) is 11.5 Å². The quantitative estimate of drug-likeness (QED) is 0.255. The number of ether oxygens (including phenoxy) is 4. The Kier molecular flexibility index (Phi) is 8.90. The molecule has 1 heterocycles. The van der Waals surface area contributed by atoms with Gasteiger partial charge in [0.25, 0.3) is 0 Å². The monoisotopic (exact) mass is 421 g/mol. The Bertz CT molecular complexity index is 852. The molecular formula is C19H23N3O6S. The van der Waals surface area contributed by atoms with E-state index in [1.54, 1.807) is 30.7 Å².